The lowest BCUT2D eigenvalue weighted by Gasteiger charge is -2.35. The molecule has 1 aliphatic heterocycles. The maximum absolute atomic E-state index is 13.3. The maximum Gasteiger partial charge on any atom is 0.237 e. The molecule has 0 aromatic heterocycles. The van der Waals surface area contributed by atoms with E-state index in [1.807, 2.05) is 25.7 Å². The highest BCUT2D eigenvalue weighted by Crippen LogP contribution is 2.37. The number of nitrogens with zero attached hydrogens (tertiary/aromatic N) is 1. The van der Waals surface area contributed by atoms with Crippen LogP contribution in [0.15, 0.2) is 54.6 Å². The van der Waals surface area contributed by atoms with Crippen LogP contribution >= 0.6 is 0 Å². The number of nitrogens with one attached hydrogen (secondary N) is 1. The first-order valence-electron chi connectivity index (χ1n) is 14.1. The molecule has 2 amide bonds. The number of nitrogens with two attached hydrogens (primary N) is 1. The lowest BCUT2D eigenvalue weighted by atomic mass is 9.90. The third kappa shape index (κ3) is 5.71. The average molecular weight is 526 g/mol. The van der Waals surface area contributed by atoms with E-state index in [2.05, 4.69) is 47.8 Å². The number of rotatable bonds is 7. The van der Waals surface area contributed by atoms with Crippen molar-refractivity contribution in [3.8, 4) is 5.75 Å². The van der Waals surface area contributed by atoms with Gasteiger partial charge in [0.2, 0.25) is 11.8 Å². The summed E-state index contributed by atoms with van der Waals surface area (Å²) in [6.07, 6.45) is 4.61. The quantitative estimate of drug-likeness (QED) is 0.411. The van der Waals surface area contributed by atoms with Crippen molar-refractivity contribution in [1.29, 1.82) is 0 Å². The number of carbonyl (C=O) groups is 2. The Hall–Kier alpha value is -3.64. The Morgan fingerprint density at radius 3 is 2.36 bits per heavy atom. The molecule has 6 nitrogen and oxygen atoms in total. The Labute approximate surface area is 231 Å². The zero-order valence-electron chi connectivity index (χ0n) is 23.2. The molecule has 3 aromatic carbocycles. The van der Waals surface area contributed by atoms with E-state index in [4.69, 9.17) is 5.73 Å². The summed E-state index contributed by atoms with van der Waals surface area (Å²) in [6.45, 7) is 6.29. The van der Waals surface area contributed by atoms with Crippen molar-refractivity contribution in [2.45, 2.75) is 71.4 Å². The van der Waals surface area contributed by atoms with E-state index < -0.39 is 6.04 Å². The van der Waals surface area contributed by atoms with Crippen molar-refractivity contribution in [3.63, 3.8) is 0 Å². The van der Waals surface area contributed by atoms with E-state index >= 15 is 0 Å². The van der Waals surface area contributed by atoms with Crippen molar-refractivity contribution in [2.75, 3.05) is 11.4 Å². The van der Waals surface area contributed by atoms with Gasteiger partial charge in [-0.1, -0.05) is 43.3 Å². The molecule has 5 rings (SSSR count). The van der Waals surface area contributed by atoms with E-state index in [0.29, 0.717) is 31.7 Å². The molecule has 1 heterocycles. The second kappa shape index (κ2) is 11.2. The molecule has 4 N–H and O–H groups in total. The second-order valence-electron chi connectivity index (χ2n) is 11.3. The van der Waals surface area contributed by atoms with Gasteiger partial charge in [-0.25, -0.2) is 0 Å². The van der Waals surface area contributed by atoms with Crippen LogP contribution in [0.3, 0.4) is 0 Å². The first-order chi connectivity index (χ1) is 18.7. The predicted molar refractivity (Wildman–Crippen MR) is 155 cm³/mol. The van der Waals surface area contributed by atoms with Crippen molar-refractivity contribution in [1.82, 2.24) is 5.32 Å². The van der Waals surface area contributed by atoms with Crippen LogP contribution in [0.5, 0.6) is 5.75 Å². The standard InChI is InChI=1S/C33H39N3O3/c1-4-32(38)36-12-11-30(35-33(39)29(34)19-27-20(2)13-26(37)14-21(27)3)28-18-22(9-10-31(28)36)15-23-16-24-7-5-6-8-25(24)17-23/h5-10,13-14,18,23,29-30,37H,4,11-12,15-17,19,34H2,1-3H3,(H,35,39). The number of hydrogen-bond acceptors (Lipinski definition) is 4. The van der Waals surface area contributed by atoms with Gasteiger partial charge in [0.15, 0.2) is 0 Å². The molecule has 6 heteroatoms. The third-order valence-corrected chi connectivity index (χ3v) is 8.42. The van der Waals surface area contributed by atoms with Crippen LogP contribution in [0, 0.1) is 19.8 Å². The molecule has 39 heavy (non-hydrogen) atoms. The number of benzene rings is 3. The zero-order valence-corrected chi connectivity index (χ0v) is 23.2. The number of aryl methyl sites for hydroxylation is 2. The Bertz CT molecular complexity index is 1350. The summed E-state index contributed by atoms with van der Waals surface area (Å²) < 4.78 is 0. The molecule has 2 unspecified atom stereocenters. The highest BCUT2D eigenvalue weighted by Gasteiger charge is 2.31. The minimum atomic E-state index is -0.717. The number of aromatic hydroxyl groups is 1. The first-order valence-corrected chi connectivity index (χ1v) is 14.1. The second-order valence-corrected chi connectivity index (χ2v) is 11.3. The number of hydrogen-bond donors (Lipinski definition) is 3. The van der Waals surface area contributed by atoms with Gasteiger partial charge in [0.05, 0.1) is 12.1 Å². The lowest BCUT2D eigenvalue weighted by Crippen LogP contribution is -2.46. The van der Waals surface area contributed by atoms with Crippen LogP contribution in [0.4, 0.5) is 5.69 Å². The Morgan fingerprint density at radius 2 is 1.72 bits per heavy atom. The topological polar surface area (TPSA) is 95.7 Å². The molecular weight excluding hydrogens is 486 g/mol. The average Bonchev–Trinajstić information content (AvgIpc) is 3.32. The summed E-state index contributed by atoms with van der Waals surface area (Å²) in [5.74, 6) is 0.657. The van der Waals surface area contributed by atoms with Crippen molar-refractivity contribution >= 4 is 17.5 Å². The van der Waals surface area contributed by atoms with Gasteiger partial charge in [-0.05, 0) is 109 Å². The van der Waals surface area contributed by atoms with Crippen LogP contribution in [0.25, 0.3) is 0 Å². The largest absolute Gasteiger partial charge is 0.508 e. The van der Waals surface area contributed by atoms with E-state index in [-0.39, 0.29) is 23.6 Å². The molecule has 0 bridgehead atoms. The molecule has 0 radical (unpaired) electrons. The molecule has 2 atom stereocenters. The van der Waals surface area contributed by atoms with Gasteiger partial charge in [0.1, 0.15) is 5.75 Å². The highest BCUT2D eigenvalue weighted by atomic mass is 16.3. The van der Waals surface area contributed by atoms with Crippen molar-refractivity contribution in [2.24, 2.45) is 11.7 Å². The van der Waals surface area contributed by atoms with Gasteiger partial charge in [-0.2, -0.15) is 0 Å². The van der Waals surface area contributed by atoms with Crippen LogP contribution in [0.1, 0.15) is 64.8 Å². The van der Waals surface area contributed by atoms with Gasteiger partial charge >= 0.3 is 0 Å². The van der Waals surface area contributed by atoms with E-state index in [0.717, 1.165) is 47.2 Å². The van der Waals surface area contributed by atoms with Crippen LogP contribution in [-0.4, -0.2) is 29.5 Å². The molecule has 2 aliphatic rings. The number of fused-ring (bicyclic) bond motifs is 2. The summed E-state index contributed by atoms with van der Waals surface area (Å²) in [7, 11) is 0. The molecule has 3 aromatic rings. The summed E-state index contributed by atoms with van der Waals surface area (Å²) in [5.41, 5.74) is 15.2. The van der Waals surface area contributed by atoms with E-state index in [1.165, 1.54) is 16.7 Å². The van der Waals surface area contributed by atoms with E-state index in [1.54, 1.807) is 12.1 Å². The molecule has 204 valence electrons. The Balaban J connectivity index is 1.35. The smallest absolute Gasteiger partial charge is 0.237 e. The molecule has 1 aliphatic carbocycles. The van der Waals surface area contributed by atoms with Gasteiger partial charge in [-0.15, -0.1) is 0 Å². The van der Waals surface area contributed by atoms with Crippen LogP contribution < -0.4 is 16.0 Å². The minimum absolute atomic E-state index is 0.0926. The lowest BCUT2D eigenvalue weighted by molar-refractivity contribution is -0.123. The molecule has 0 saturated heterocycles. The summed E-state index contributed by atoms with van der Waals surface area (Å²) in [5, 5.41) is 13.1. The maximum atomic E-state index is 13.3. The Morgan fingerprint density at radius 1 is 1.05 bits per heavy atom. The van der Waals surface area contributed by atoms with E-state index in [9.17, 15) is 14.7 Å². The van der Waals surface area contributed by atoms with Crippen molar-refractivity contribution < 1.29 is 14.7 Å². The zero-order chi connectivity index (χ0) is 27.7. The third-order valence-electron chi connectivity index (χ3n) is 8.42. The fraction of sp³-hybridized carbons (Fsp3) is 0.394. The van der Waals surface area contributed by atoms with Gasteiger partial charge < -0.3 is 21.1 Å². The predicted octanol–water partition coefficient (Wildman–Crippen LogP) is 4.84. The normalized spacial score (nSPS) is 17.4. The first kappa shape index (κ1) is 26.9. The highest BCUT2D eigenvalue weighted by molar-refractivity contribution is 5.95. The number of amides is 2. The van der Waals surface area contributed by atoms with Gasteiger partial charge in [0, 0.05) is 18.7 Å². The number of anilines is 1. The summed E-state index contributed by atoms with van der Waals surface area (Å²) in [6, 6.07) is 17.6. The minimum Gasteiger partial charge on any atom is -0.508 e. The molecule has 0 spiro atoms. The monoisotopic (exact) mass is 525 g/mol. The molecule has 0 fully saturated rings. The van der Waals surface area contributed by atoms with Crippen LogP contribution in [0.2, 0.25) is 0 Å². The SMILES string of the molecule is CCC(=O)N1CCC(NC(=O)C(N)Cc2c(C)cc(O)cc2C)c2cc(CC3Cc4ccccc4C3)ccc21. The fourth-order valence-electron chi connectivity index (χ4n) is 6.40. The number of carbonyl (C=O) groups excluding carboxylic acids is 2. The van der Waals surface area contributed by atoms with Gasteiger partial charge in [-0.3, -0.25) is 9.59 Å². The summed E-state index contributed by atoms with van der Waals surface area (Å²) in [4.78, 5) is 27.9. The fourth-order valence-corrected chi connectivity index (χ4v) is 6.40. The molecular formula is C33H39N3O3. The molecule has 0 saturated carbocycles. The number of phenolic OH excluding ortho intramolecular Hbond substituents is 1. The number of phenols is 1. The Kier molecular flexibility index (Phi) is 7.76. The van der Waals surface area contributed by atoms with Crippen molar-refractivity contribution in [3.05, 3.63) is 93.5 Å². The van der Waals surface area contributed by atoms with Gasteiger partial charge in [0.25, 0.3) is 0 Å². The van der Waals surface area contributed by atoms with Crippen LogP contribution in [-0.2, 0) is 35.3 Å². The summed E-state index contributed by atoms with van der Waals surface area (Å²) >= 11 is 0.